The molecule has 1 aromatic rings. The summed E-state index contributed by atoms with van der Waals surface area (Å²) in [6.07, 6.45) is 0.0188. The van der Waals surface area contributed by atoms with E-state index in [-0.39, 0.29) is 18.4 Å². The van der Waals surface area contributed by atoms with Crippen molar-refractivity contribution < 1.29 is 14.7 Å². The number of nitrogens with one attached hydrogen (secondary N) is 2. The van der Waals surface area contributed by atoms with Crippen LogP contribution in [0, 0.1) is 5.92 Å². The summed E-state index contributed by atoms with van der Waals surface area (Å²) < 4.78 is 0.675. The highest BCUT2D eigenvalue weighted by molar-refractivity contribution is 9.10. The van der Waals surface area contributed by atoms with Gasteiger partial charge in [0.25, 0.3) is 0 Å². The fraction of sp³-hybridized carbons (Fsp3) is 0.333. The number of amides is 2. The average molecular weight is 350 g/mol. The van der Waals surface area contributed by atoms with Crippen LogP contribution in [-0.2, 0) is 4.79 Å². The normalized spacial score (nSPS) is 11.7. The number of rotatable bonds is 5. The first-order valence-electron chi connectivity index (χ1n) is 5.60. The molecule has 0 saturated heterocycles. The zero-order valence-electron chi connectivity index (χ0n) is 10.2. The molecular formula is C12H14BrClN2O3. The fourth-order valence-corrected chi connectivity index (χ4v) is 2.18. The van der Waals surface area contributed by atoms with E-state index in [1.807, 2.05) is 0 Å². The Bertz CT molecular complexity index is 482. The Kier molecular flexibility index (Phi) is 6.11. The Morgan fingerprint density at radius 2 is 2.16 bits per heavy atom. The Hall–Kier alpha value is -1.27. The maximum Gasteiger partial charge on any atom is 0.319 e. The predicted molar refractivity (Wildman–Crippen MR) is 77.6 cm³/mol. The van der Waals surface area contributed by atoms with Gasteiger partial charge < -0.3 is 15.7 Å². The number of halogens is 2. The van der Waals surface area contributed by atoms with Gasteiger partial charge in [-0.15, -0.1) is 0 Å². The van der Waals surface area contributed by atoms with Crippen molar-refractivity contribution in [3.8, 4) is 0 Å². The second-order valence-corrected chi connectivity index (χ2v) is 5.45. The summed E-state index contributed by atoms with van der Waals surface area (Å²) in [5.41, 5.74) is 0.591. The standard InChI is InChI=1S/C12H14BrClN2O3/c1-7(4-11(17)18)6-15-12(19)16-10-3-2-8(14)5-9(10)13/h2-3,5,7H,4,6H2,1H3,(H,17,18)(H2,15,16,19). The Balaban J connectivity index is 2.45. The second-order valence-electron chi connectivity index (χ2n) is 4.16. The zero-order valence-corrected chi connectivity index (χ0v) is 12.6. The smallest absolute Gasteiger partial charge is 0.319 e. The number of carbonyl (C=O) groups is 2. The van der Waals surface area contributed by atoms with E-state index in [1.54, 1.807) is 25.1 Å². The highest BCUT2D eigenvalue weighted by atomic mass is 79.9. The molecule has 104 valence electrons. The van der Waals surface area contributed by atoms with E-state index in [1.165, 1.54) is 0 Å². The van der Waals surface area contributed by atoms with Gasteiger partial charge >= 0.3 is 12.0 Å². The molecule has 0 aliphatic heterocycles. The molecule has 1 atom stereocenters. The van der Waals surface area contributed by atoms with Gasteiger partial charge in [0.2, 0.25) is 0 Å². The van der Waals surface area contributed by atoms with Crippen molar-refractivity contribution in [1.29, 1.82) is 0 Å². The van der Waals surface area contributed by atoms with Crippen molar-refractivity contribution in [2.75, 3.05) is 11.9 Å². The van der Waals surface area contributed by atoms with Gasteiger partial charge in [-0.05, 0) is 40.0 Å². The number of hydrogen-bond acceptors (Lipinski definition) is 2. The van der Waals surface area contributed by atoms with Crippen molar-refractivity contribution in [1.82, 2.24) is 5.32 Å². The molecule has 1 unspecified atom stereocenters. The second kappa shape index (κ2) is 7.35. The van der Waals surface area contributed by atoms with Gasteiger partial charge in [-0.1, -0.05) is 18.5 Å². The third kappa shape index (κ3) is 5.94. The molecule has 0 fully saturated rings. The van der Waals surface area contributed by atoms with Gasteiger partial charge in [0.15, 0.2) is 0 Å². The number of aliphatic carboxylic acids is 1. The van der Waals surface area contributed by atoms with Crippen LogP contribution in [0.3, 0.4) is 0 Å². The lowest BCUT2D eigenvalue weighted by molar-refractivity contribution is -0.137. The molecule has 0 aromatic heterocycles. The first-order chi connectivity index (χ1) is 8.88. The molecule has 7 heteroatoms. The van der Waals surface area contributed by atoms with Crippen LogP contribution in [0.2, 0.25) is 5.02 Å². The summed E-state index contributed by atoms with van der Waals surface area (Å²) in [4.78, 5) is 22.1. The summed E-state index contributed by atoms with van der Waals surface area (Å²) in [6, 6.07) is 4.62. The Morgan fingerprint density at radius 1 is 1.47 bits per heavy atom. The Morgan fingerprint density at radius 3 is 2.74 bits per heavy atom. The minimum atomic E-state index is -0.879. The van der Waals surface area contributed by atoms with E-state index in [2.05, 4.69) is 26.6 Å². The van der Waals surface area contributed by atoms with Crippen LogP contribution in [0.4, 0.5) is 10.5 Å². The fourth-order valence-electron chi connectivity index (χ4n) is 1.39. The van der Waals surface area contributed by atoms with Crippen LogP contribution in [0.25, 0.3) is 0 Å². The lowest BCUT2D eigenvalue weighted by atomic mass is 10.1. The lowest BCUT2D eigenvalue weighted by Gasteiger charge is -2.12. The quantitative estimate of drug-likeness (QED) is 0.763. The van der Waals surface area contributed by atoms with Crippen molar-refractivity contribution in [2.24, 2.45) is 5.92 Å². The number of anilines is 1. The molecule has 0 bridgehead atoms. The SMILES string of the molecule is CC(CNC(=O)Nc1ccc(Cl)cc1Br)CC(=O)O. The van der Waals surface area contributed by atoms with Gasteiger partial charge in [0.1, 0.15) is 0 Å². The Labute approximate surface area is 124 Å². The van der Waals surface area contributed by atoms with Crippen molar-refractivity contribution in [2.45, 2.75) is 13.3 Å². The number of carboxylic acid groups (broad SMARTS) is 1. The minimum absolute atomic E-state index is 0.0188. The van der Waals surface area contributed by atoms with Crippen LogP contribution in [0.15, 0.2) is 22.7 Å². The molecule has 0 radical (unpaired) electrons. The number of benzene rings is 1. The summed E-state index contributed by atoms with van der Waals surface area (Å²) >= 11 is 9.07. The third-order valence-corrected chi connectivity index (χ3v) is 3.20. The van der Waals surface area contributed by atoms with Crippen LogP contribution in [0.5, 0.6) is 0 Å². The maximum atomic E-state index is 11.6. The van der Waals surface area contributed by atoms with Crippen molar-refractivity contribution in [3.05, 3.63) is 27.7 Å². The van der Waals surface area contributed by atoms with E-state index >= 15 is 0 Å². The van der Waals surface area contributed by atoms with E-state index in [0.717, 1.165) is 0 Å². The molecule has 0 aliphatic carbocycles. The number of hydrogen-bond donors (Lipinski definition) is 3. The summed E-state index contributed by atoms with van der Waals surface area (Å²) in [5, 5.41) is 14.4. The molecular weight excluding hydrogens is 336 g/mol. The first-order valence-corrected chi connectivity index (χ1v) is 6.77. The van der Waals surface area contributed by atoms with Crippen LogP contribution in [0.1, 0.15) is 13.3 Å². The zero-order chi connectivity index (χ0) is 14.4. The highest BCUT2D eigenvalue weighted by Crippen LogP contribution is 2.25. The van der Waals surface area contributed by atoms with Gasteiger partial charge in [-0.2, -0.15) is 0 Å². The van der Waals surface area contributed by atoms with Gasteiger partial charge in [0, 0.05) is 22.5 Å². The van der Waals surface area contributed by atoms with Crippen LogP contribution >= 0.6 is 27.5 Å². The summed E-state index contributed by atoms with van der Waals surface area (Å²) in [6.45, 7) is 2.05. The predicted octanol–water partition coefficient (Wildman–Crippen LogP) is 3.33. The molecule has 0 spiro atoms. The monoisotopic (exact) mass is 348 g/mol. The molecule has 3 N–H and O–H groups in total. The number of carbonyl (C=O) groups excluding carboxylic acids is 1. The van der Waals surface area contributed by atoms with E-state index in [0.29, 0.717) is 21.7 Å². The lowest BCUT2D eigenvalue weighted by Crippen LogP contribution is -2.33. The highest BCUT2D eigenvalue weighted by Gasteiger charge is 2.10. The number of urea groups is 1. The maximum absolute atomic E-state index is 11.6. The van der Waals surface area contributed by atoms with E-state index in [4.69, 9.17) is 16.7 Å². The van der Waals surface area contributed by atoms with Gasteiger partial charge in [-0.3, -0.25) is 4.79 Å². The number of carboxylic acids is 1. The van der Waals surface area contributed by atoms with Crippen molar-refractivity contribution >= 4 is 45.2 Å². The largest absolute Gasteiger partial charge is 0.481 e. The molecule has 5 nitrogen and oxygen atoms in total. The van der Waals surface area contributed by atoms with Crippen LogP contribution in [-0.4, -0.2) is 23.7 Å². The van der Waals surface area contributed by atoms with E-state index in [9.17, 15) is 9.59 Å². The molecule has 19 heavy (non-hydrogen) atoms. The summed E-state index contributed by atoms with van der Waals surface area (Å²) in [5.74, 6) is -1.01. The minimum Gasteiger partial charge on any atom is -0.481 e. The van der Waals surface area contributed by atoms with Crippen LogP contribution < -0.4 is 10.6 Å². The molecule has 0 aliphatic rings. The van der Waals surface area contributed by atoms with Gasteiger partial charge in [-0.25, -0.2) is 4.79 Å². The molecule has 1 rings (SSSR count). The first kappa shape index (κ1) is 15.8. The summed E-state index contributed by atoms with van der Waals surface area (Å²) in [7, 11) is 0. The van der Waals surface area contributed by atoms with Gasteiger partial charge in [0.05, 0.1) is 5.69 Å². The molecule has 2 amide bonds. The van der Waals surface area contributed by atoms with Crippen molar-refractivity contribution in [3.63, 3.8) is 0 Å². The molecule has 1 aromatic carbocycles. The molecule has 0 saturated carbocycles. The molecule has 0 heterocycles. The van der Waals surface area contributed by atoms with E-state index < -0.39 is 5.97 Å². The topological polar surface area (TPSA) is 78.4 Å². The average Bonchev–Trinajstić information content (AvgIpc) is 2.29. The third-order valence-electron chi connectivity index (χ3n) is 2.31.